The average molecular weight is 298 g/mol. The number of hydrogen-bond donors (Lipinski definition) is 1. The molecule has 5 heteroatoms. The second-order valence-electron chi connectivity index (χ2n) is 5.17. The second-order valence-corrected chi connectivity index (χ2v) is 5.17. The standard InChI is InChI=1S/C17H15FN2O2/c18-13-6-4-5-12(9-13)11-19-15-10-16(21)20(17(15)22)14-7-2-1-3-8-14/h1-9,15,19H,10-11H2/t15-/m0/s1. The van der Waals surface area contributed by atoms with E-state index in [-0.39, 0.29) is 24.1 Å². The predicted octanol–water partition coefficient (Wildman–Crippen LogP) is 2.25. The van der Waals surface area contributed by atoms with Crippen LogP contribution < -0.4 is 10.2 Å². The fourth-order valence-electron chi connectivity index (χ4n) is 2.53. The molecule has 1 fully saturated rings. The van der Waals surface area contributed by atoms with Crippen molar-refractivity contribution < 1.29 is 14.0 Å². The monoisotopic (exact) mass is 298 g/mol. The summed E-state index contributed by atoms with van der Waals surface area (Å²) in [5, 5.41) is 3.03. The molecule has 2 aromatic carbocycles. The Balaban J connectivity index is 1.69. The molecular formula is C17H15FN2O2. The van der Waals surface area contributed by atoms with Crippen LogP contribution in [0.1, 0.15) is 12.0 Å². The lowest BCUT2D eigenvalue weighted by Gasteiger charge is -2.15. The van der Waals surface area contributed by atoms with E-state index in [9.17, 15) is 14.0 Å². The van der Waals surface area contributed by atoms with Gasteiger partial charge in [-0.1, -0.05) is 30.3 Å². The Bertz CT molecular complexity index is 703. The fourth-order valence-corrected chi connectivity index (χ4v) is 2.53. The van der Waals surface area contributed by atoms with Crippen LogP contribution in [-0.2, 0) is 16.1 Å². The number of carbonyl (C=O) groups is 2. The van der Waals surface area contributed by atoms with Crippen molar-refractivity contribution in [3.63, 3.8) is 0 Å². The van der Waals surface area contributed by atoms with E-state index in [1.54, 1.807) is 36.4 Å². The van der Waals surface area contributed by atoms with E-state index in [1.807, 2.05) is 6.07 Å². The molecule has 0 aromatic heterocycles. The molecule has 1 N–H and O–H groups in total. The van der Waals surface area contributed by atoms with Gasteiger partial charge in [-0.3, -0.25) is 9.59 Å². The van der Waals surface area contributed by atoms with E-state index in [1.165, 1.54) is 17.0 Å². The van der Waals surface area contributed by atoms with Crippen LogP contribution in [0.4, 0.5) is 10.1 Å². The Hall–Kier alpha value is -2.53. The molecule has 0 unspecified atom stereocenters. The molecule has 0 bridgehead atoms. The summed E-state index contributed by atoms with van der Waals surface area (Å²) >= 11 is 0. The summed E-state index contributed by atoms with van der Waals surface area (Å²) in [5.74, 6) is -0.820. The van der Waals surface area contributed by atoms with Gasteiger partial charge in [0.15, 0.2) is 0 Å². The molecule has 1 aliphatic rings. The van der Waals surface area contributed by atoms with Gasteiger partial charge in [0.25, 0.3) is 5.91 Å². The number of benzene rings is 2. The zero-order valence-corrected chi connectivity index (χ0v) is 11.8. The summed E-state index contributed by atoms with van der Waals surface area (Å²) in [6, 6.07) is 14.4. The number of imide groups is 1. The summed E-state index contributed by atoms with van der Waals surface area (Å²) in [4.78, 5) is 25.6. The number of halogens is 1. The van der Waals surface area contributed by atoms with E-state index in [2.05, 4.69) is 5.32 Å². The molecule has 4 nitrogen and oxygen atoms in total. The Morgan fingerprint density at radius 2 is 1.86 bits per heavy atom. The van der Waals surface area contributed by atoms with Gasteiger partial charge in [0.05, 0.1) is 18.2 Å². The van der Waals surface area contributed by atoms with Crippen molar-refractivity contribution in [1.82, 2.24) is 5.32 Å². The van der Waals surface area contributed by atoms with Gasteiger partial charge in [-0.25, -0.2) is 9.29 Å². The van der Waals surface area contributed by atoms with Crippen LogP contribution in [0.15, 0.2) is 54.6 Å². The molecule has 2 amide bonds. The van der Waals surface area contributed by atoms with Gasteiger partial charge in [-0.05, 0) is 29.8 Å². The minimum atomic E-state index is -0.573. The Morgan fingerprint density at radius 3 is 2.59 bits per heavy atom. The number of carbonyl (C=O) groups excluding carboxylic acids is 2. The second kappa shape index (κ2) is 6.07. The number of hydrogen-bond acceptors (Lipinski definition) is 3. The Kier molecular flexibility index (Phi) is 3.98. The highest BCUT2D eigenvalue weighted by Crippen LogP contribution is 2.22. The molecular weight excluding hydrogens is 283 g/mol. The van der Waals surface area contributed by atoms with Crippen molar-refractivity contribution in [2.75, 3.05) is 4.90 Å². The van der Waals surface area contributed by atoms with E-state index in [4.69, 9.17) is 0 Å². The van der Waals surface area contributed by atoms with Crippen molar-refractivity contribution in [3.05, 3.63) is 66.0 Å². The molecule has 2 aromatic rings. The number of anilines is 1. The molecule has 0 spiro atoms. The van der Waals surface area contributed by atoms with Crippen LogP contribution in [0.25, 0.3) is 0 Å². The maximum absolute atomic E-state index is 13.1. The molecule has 1 heterocycles. The molecule has 0 radical (unpaired) electrons. The Morgan fingerprint density at radius 1 is 1.09 bits per heavy atom. The normalized spacial score (nSPS) is 18.0. The van der Waals surface area contributed by atoms with Crippen LogP contribution >= 0.6 is 0 Å². The van der Waals surface area contributed by atoms with Gasteiger partial charge in [-0.15, -0.1) is 0 Å². The summed E-state index contributed by atoms with van der Waals surface area (Å²) in [6.45, 7) is 0.337. The number of nitrogens with one attached hydrogen (secondary N) is 1. The molecule has 1 saturated heterocycles. The van der Waals surface area contributed by atoms with Gasteiger partial charge in [0.2, 0.25) is 5.91 Å². The van der Waals surface area contributed by atoms with Crippen molar-refractivity contribution >= 4 is 17.5 Å². The van der Waals surface area contributed by atoms with Crippen LogP contribution in [0.5, 0.6) is 0 Å². The topological polar surface area (TPSA) is 49.4 Å². The number of para-hydroxylation sites is 1. The van der Waals surface area contributed by atoms with E-state index >= 15 is 0 Å². The average Bonchev–Trinajstić information content (AvgIpc) is 2.80. The van der Waals surface area contributed by atoms with Crippen molar-refractivity contribution in [1.29, 1.82) is 0 Å². The van der Waals surface area contributed by atoms with Crippen LogP contribution in [-0.4, -0.2) is 17.9 Å². The minimum absolute atomic E-state index is 0.114. The third kappa shape index (κ3) is 2.89. The molecule has 1 atom stereocenters. The highest BCUT2D eigenvalue weighted by atomic mass is 19.1. The van der Waals surface area contributed by atoms with E-state index in [0.29, 0.717) is 12.2 Å². The number of nitrogens with zero attached hydrogens (tertiary/aromatic N) is 1. The summed E-state index contributed by atoms with van der Waals surface area (Å²) in [6.07, 6.45) is 0.114. The van der Waals surface area contributed by atoms with Gasteiger partial charge >= 0.3 is 0 Å². The minimum Gasteiger partial charge on any atom is -0.301 e. The molecule has 22 heavy (non-hydrogen) atoms. The SMILES string of the molecule is O=C1C[C@H](NCc2cccc(F)c2)C(=O)N1c1ccccc1. The summed E-state index contributed by atoms with van der Waals surface area (Å²) < 4.78 is 13.1. The van der Waals surface area contributed by atoms with E-state index < -0.39 is 6.04 Å². The maximum Gasteiger partial charge on any atom is 0.251 e. The van der Waals surface area contributed by atoms with Gasteiger partial charge in [-0.2, -0.15) is 0 Å². The lowest BCUT2D eigenvalue weighted by atomic mass is 10.2. The number of rotatable bonds is 4. The molecule has 0 saturated carbocycles. The largest absolute Gasteiger partial charge is 0.301 e. The van der Waals surface area contributed by atoms with E-state index in [0.717, 1.165) is 5.56 Å². The zero-order valence-electron chi connectivity index (χ0n) is 11.8. The third-order valence-corrected chi connectivity index (χ3v) is 3.60. The smallest absolute Gasteiger partial charge is 0.251 e. The maximum atomic E-state index is 13.1. The van der Waals surface area contributed by atoms with Crippen LogP contribution in [0.2, 0.25) is 0 Å². The van der Waals surface area contributed by atoms with Gasteiger partial charge < -0.3 is 5.32 Å². The van der Waals surface area contributed by atoms with Gasteiger partial charge in [0.1, 0.15) is 5.82 Å². The molecule has 0 aliphatic carbocycles. The first-order valence-electron chi connectivity index (χ1n) is 7.05. The molecule has 1 aliphatic heterocycles. The predicted molar refractivity (Wildman–Crippen MR) is 80.6 cm³/mol. The number of amides is 2. The van der Waals surface area contributed by atoms with Crippen molar-refractivity contribution in [2.24, 2.45) is 0 Å². The zero-order chi connectivity index (χ0) is 15.5. The first kappa shape index (κ1) is 14.4. The van der Waals surface area contributed by atoms with Crippen molar-refractivity contribution in [3.8, 4) is 0 Å². The van der Waals surface area contributed by atoms with Crippen LogP contribution in [0.3, 0.4) is 0 Å². The van der Waals surface area contributed by atoms with Crippen LogP contribution in [0, 0.1) is 5.82 Å². The summed E-state index contributed by atoms with van der Waals surface area (Å²) in [7, 11) is 0. The lowest BCUT2D eigenvalue weighted by molar-refractivity contribution is -0.121. The molecule has 112 valence electrons. The quantitative estimate of drug-likeness (QED) is 0.881. The third-order valence-electron chi connectivity index (χ3n) is 3.60. The fraction of sp³-hybridized carbons (Fsp3) is 0.176. The molecule has 3 rings (SSSR count). The van der Waals surface area contributed by atoms with Crippen molar-refractivity contribution in [2.45, 2.75) is 19.0 Å². The van der Waals surface area contributed by atoms with Gasteiger partial charge in [0, 0.05) is 6.54 Å². The summed E-state index contributed by atoms with van der Waals surface area (Å²) in [5.41, 5.74) is 1.31. The first-order valence-corrected chi connectivity index (χ1v) is 7.05. The lowest BCUT2D eigenvalue weighted by Crippen LogP contribution is -2.38. The first-order chi connectivity index (χ1) is 10.6. The highest BCUT2D eigenvalue weighted by molar-refractivity contribution is 6.22. The highest BCUT2D eigenvalue weighted by Gasteiger charge is 2.39. The Labute approximate surface area is 127 Å².